The number of phosphoric ester groups is 2. The maximum absolute atomic E-state index is 13.1. The molecule has 0 aromatic rings. The molecular weight excluding hydrogens is 1320 g/mol. The van der Waals surface area contributed by atoms with Crippen molar-refractivity contribution >= 4 is 39.5 Å². The lowest BCUT2D eigenvalue weighted by atomic mass is 10.0. The Morgan fingerprint density at radius 2 is 0.455 bits per heavy atom. The van der Waals surface area contributed by atoms with Crippen molar-refractivity contribution in [1.29, 1.82) is 0 Å². The third kappa shape index (κ3) is 76.1. The highest BCUT2D eigenvalue weighted by molar-refractivity contribution is 7.47. The molecule has 0 aliphatic carbocycles. The van der Waals surface area contributed by atoms with Crippen LogP contribution in [-0.2, 0) is 65.4 Å². The van der Waals surface area contributed by atoms with Crippen LogP contribution in [0.2, 0.25) is 0 Å². The Kier molecular flexibility index (Phi) is 70.9. The van der Waals surface area contributed by atoms with Crippen molar-refractivity contribution < 1.29 is 80.2 Å². The van der Waals surface area contributed by atoms with Gasteiger partial charge in [-0.05, 0) is 43.4 Å². The molecule has 0 aliphatic rings. The zero-order valence-corrected chi connectivity index (χ0v) is 68.2. The molecule has 19 heteroatoms. The molecule has 0 aromatic carbocycles. The summed E-state index contributed by atoms with van der Waals surface area (Å²) in [6, 6.07) is 0. The van der Waals surface area contributed by atoms with Crippen LogP contribution < -0.4 is 0 Å². The van der Waals surface area contributed by atoms with Crippen LogP contribution in [0.4, 0.5) is 0 Å². The van der Waals surface area contributed by atoms with Gasteiger partial charge < -0.3 is 33.8 Å². The quantitative estimate of drug-likeness (QED) is 0.0222. The first-order valence-corrected chi connectivity index (χ1v) is 45.3. The number of rotatable bonds is 80. The molecule has 600 valence electrons. The van der Waals surface area contributed by atoms with Crippen molar-refractivity contribution in [3.05, 3.63) is 0 Å². The summed E-state index contributed by atoms with van der Waals surface area (Å²) in [7, 11) is -9.92. The van der Waals surface area contributed by atoms with Crippen LogP contribution in [-0.4, -0.2) is 96.7 Å². The Morgan fingerprint density at radius 3 is 0.673 bits per heavy atom. The molecule has 0 radical (unpaired) electrons. The topological polar surface area (TPSA) is 237 Å². The number of carbonyl (C=O) groups excluding carboxylic acids is 4. The maximum Gasteiger partial charge on any atom is 0.472 e. The molecule has 0 rings (SSSR count). The SMILES string of the molecule is CCCCCCCCCCCC(=O)OC[C@H](COP(=O)(O)OC[C@H](O)COP(=O)(O)OC[C@@H](COC(=O)CCCCCCCCCCCCCCCCC(C)C)OC(=O)CCCCCCCCCCCCCCCCCC(C)C)OC(=O)CCCCCCCCCCCCCCCCC(C)C. The molecule has 3 N–H and O–H groups in total. The van der Waals surface area contributed by atoms with E-state index in [1.807, 2.05) is 0 Å². The minimum Gasteiger partial charge on any atom is -0.462 e. The number of esters is 4. The molecule has 0 spiro atoms. The minimum atomic E-state index is -4.96. The van der Waals surface area contributed by atoms with Gasteiger partial charge in [-0.3, -0.25) is 37.3 Å². The van der Waals surface area contributed by atoms with Gasteiger partial charge in [0.2, 0.25) is 0 Å². The third-order valence-electron chi connectivity index (χ3n) is 19.1. The molecule has 0 amide bonds. The fraction of sp³-hybridized carbons (Fsp3) is 0.951. The third-order valence-corrected chi connectivity index (χ3v) is 21.0. The number of aliphatic hydroxyl groups excluding tert-OH is 1. The average molecular weight is 1480 g/mol. The van der Waals surface area contributed by atoms with Gasteiger partial charge >= 0.3 is 39.5 Å². The number of unbranched alkanes of at least 4 members (excludes halogenated alkanes) is 48. The smallest absolute Gasteiger partial charge is 0.462 e. The van der Waals surface area contributed by atoms with Crippen LogP contribution in [0.3, 0.4) is 0 Å². The van der Waals surface area contributed by atoms with E-state index in [0.717, 1.165) is 108 Å². The molecule has 101 heavy (non-hydrogen) atoms. The molecule has 0 fully saturated rings. The van der Waals surface area contributed by atoms with Crippen LogP contribution in [0.1, 0.15) is 427 Å². The zero-order valence-electron chi connectivity index (χ0n) is 66.4. The fourth-order valence-corrected chi connectivity index (χ4v) is 14.2. The molecule has 0 aliphatic heterocycles. The molecule has 0 bridgehead atoms. The van der Waals surface area contributed by atoms with Crippen molar-refractivity contribution in [2.45, 2.75) is 446 Å². The summed E-state index contributed by atoms with van der Waals surface area (Å²) in [5.74, 6) is 0.288. The first kappa shape index (κ1) is 99.1. The van der Waals surface area contributed by atoms with Gasteiger partial charge in [0.15, 0.2) is 12.2 Å². The van der Waals surface area contributed by atoms with Crippen molar-refractivity contribution in [2.24, 2.45) is 17.8 Å². The molecule has 0 aromatic heterocycles. The van der Waals surface area contributed by atoms with Crippen LogP contribution in [0.5, 0.6) is 0 Å². The van der Waals surface area contributed by atoms with Gasteiger partial charge in [0.25, 0.3) is 0 Å². The number of aliphatic hydroxyl groups is 1. The maximum atomic E-state index is 13.1. The van der Waals surface area contributed by atoms with Gasteiger partial charge in [0.05, 0.1) is 26.4 Å². The van der Waals surface area contributed by atoms with Crippen molar-refractivity contribution in [3.8, 4) is 0 Å². The first-order valence-electron chi connectivity index (χ1n) is 42.3. The molecule has 0 saturated heterocycles. The van der Waals surface area contributed by atoms with Crippen molar-refractivity contribution in [2.75, 3.05) is 39.6 Å². The molecular formula is C82H160O17P2. The normalized spacial score (nSPS) is 14.0. The molecule has 0 saturated carbocycles. The Morgan fingerprint density at radius 1 is 0.267 bits per heavy atom. The second-order valence-corrected chi connectivity index (χ2v) is 33.8. The van der Waals surface area contributed by atoms with Gasteiger partial charge in [-0.2, -0.15) is 0 Å². The first-order chi connectivity index (χ1) is 48.7. The minimum absolute atomic E-state index is 0.107. The van der Waals surface area contributed by atoms with Crippen LogP contribution in [0.15, 0.2) is 0 Å². The second-order valence-electron chi connectivity index (χ2n) is 30.9. The standard InChI is InChI=1S/C82H160O17P2/c1-8-9-10-11-12-32-42-49-56-63-79(84)92-69-77(98-81(86)66-59-52-45-38-31-25-19-17-22-28-35-41-48-55-62-75(6)7)71-96-100(88,89)94-67-76(83)68-95-101(90,91)97-72-78(70-93-80(85)64-57-50-43-36-29-23-18-16-21-27-34-40-47-54-61-74(4)5)99-82(87)65-58-51-44-37-30-24-15-13-14-20-26-33-39-46-53-60-73(2)3/h73-78,83H,8-72H2,1-7H3,(H,88,89)(H,90,91)/t76-,77+,78+/m0/s1. The highest BCUT2D eigenvalue weighted by Crippen LogP contribution is 2.45. The van der Waals surface area contributed by atoms with E-state index in [4.69, 9.17) is 37.0 Å². The van der Waals surface area contributed by atoms with E-state index in [0.29, 0.717) is 25.7 Å². The fourth-order valence-electron chi connectivity index (χ4n) is 12.7. The van der Waals surface area contributed by atoms with Crippen LogP contribution >= 0.6 is 15.6 Å². The van der Waals surface area contributed by atoms with Crippen molar-refractivity contribution in [3.63, 3.8) is 0 Å². The van der Waals surface area contributed by atoms with E-state index in [1.54, 1.807) is 0 Å². The summed E-state index contributed by atoms with van der Waals surface area (Å²) in [5.41, 5.74) is 0. The number of carbonyl (C=O) groups is 4. The number of hydrogen-bond acceptors (Lipinski definition) is 15. The predicted octanol–water partition coefficient (Wildman–Crippen LogP) is 24.5. The summed E-state index contributed by atoms with van der Waals surface area (Å²) < 4.78 is 68.7. The van der Waals surface area contributed by atoms with Gasteiger partial charge in [0, 0.05) is 25.7 Å². The van der Waals surface area contributed by atoms with E-state index in [9.17, 15) is 43.2 Å². The number of hydrogen-bond donors (Lipinski definition) is 3. The summed E-state index contributed by atoms with van der Waals surface area (Å²) >= 11 is 0. The van der Waals surface area contributed by atoms with E-state index in [1.165, 1.54) is 238 Å². The summed E-state index contributed by atoms with van der Waals surface area (Å²) in [4.78, 5) is 73.0. The Balaban J connectivity index is 5.22. The van der Waals surface area contributed by atoms with Crippen molar-refractivity contribution in [1.82, 2.24) is 0 Å². The Hall–Kier alpha value is -1.94. The van der Waals surface area contributed by atoms with Gasteiger partial charge in [-0.25, -0.2) is 9.13 Å². The monoisotopic (exact) mass is 1480 g/mol. The van der Waals surface area contributed by atoms with E-state index >= 15 is 0 Å². The van der Waals surface area contributed by atoms with Gasteiger partial charge in [-0.15, -0.1) is 0 Å². The van der Waals surface area contributed by atoms with Crippen LogP contribution in [0.25, 0.3) is 0 Å². The lowest BCUT2D eigenvalue weighted by Crippen LogP contribution is -2.30. The lowest BCUT2D eigenvalue weighted by molar-refractivity contribution is -0.161. The van der Waals surface area contributed by atoms with E-state index in [2.05, 4.69) is 48.5 Å². The number of phosphoric acid groups is 2. The highest BCUT2D eigenvalue weighted by Gasteiger charge is 2.30. The lowest BCUT2D eigenvalue weighted by Gasteiger charge is -2.21. The van der Waals surface area contributed by atoms with E-state index < -0.39 is 97.5 Å². The Labute approximate surface area is 619 Å². The second kappa shape index (κ2) is 72.3. The van der Waals surface area contributed by atoms with Gasteiger partial charge in [0.1, 0.15) is 19.3 Å². The van der Waals surface area contributed by atoms with E-state index in [-0.39, 0.29) is 25.7 Å². The largest absolute Gasteiger partial charge is 0.472 e. The predicted molar refractivity (Wildman–Crippen MR) is 414 cm³/mol. The summed E-state index contributed by atoms with van der Waals surface area (Å²) in [6.07, 6.45) is 61.0. The molecule has 0 heterocycles. The number of ether oxygens (including phenoxy) is 4. The average Bonchev–Trinajstić information content (AvgIpc) is 0.963. The Bertz CT molecular complexity index is 1960. The summed E-state index contributed by atoms with van der Waals surface area (Å²) in [6.45, 7) is 12.0. The molecule has 17 nitrogen and oxygen atoms in total. The molecule has 5 atom stereocenters. The zero-order chi connectivity index (χ0) is 74.4. The van der Waals surface area contributed by atoms with Crippen LogP contribution in [0, 0.1) is 17.8 Å². The summed E-state index contributed by atoms with van der Waals surface area (Å²) in [5, 5.41) is 10.6. The molecule has 2 unspecified atom stereocenters. The van der Waals surface area contributed by atoms with Gasteiger partial charge in [-0.1, -0.05) is 376 Å². The highest BCUT2D eigenvalue weighted by atomic mass is 31.2.